The van der Waals surface area contributed by atoms with Crippen molar-refractivity contribution in [2.75, 3.05) is 13.7 Å². The number of hydrogen-bond donors (Lipinski definition) is 1. The van der Waals surface area contributed by atoms with Gasteiger partial charge in [0.05, 0.1) is 23.8 Å². The SMILES string of the molecule is COC(=O)[C@@H](NC(=O)OC(C)(C)C)[C@@H](CCCN1C(=O)c2ccccc2C1=O)OC(=O)c1ccccc1. The number of benzene rings is 2. The zero-order valence-electron chi connectivity index (χ0n) is 21.2. The van der Waals surface area contributed by atoms with E-state index in [1.165, 1.54) is 0 Å². The van der Waals surface area contributed by atoms with Gasteiger partial charge in [0.15, 0.2) is 6.04 Å². The highest BCUT2D eigenvalue weighted by atomic mass is 16.6. The summed E-state index contributed by atoms with van der Waals surface area (Å²) in [6.07, 6.45) is -1.87. The molecule has 1 aliphatic heterocycles. The van der Waals surface area contributed by atoms with E-state index in [0.29, 0.717) is 11.1 Å². The molecule has 0 unspecified atom stereocenters. The summed E-state index contributed by atoms with van der Waals surface area (Å²) in [5.41, 5.74) is 0.0396. The highest BCUT2D eigenvalue weighted by Crippen LogP contribution is 2.23. The molecule has 0 bridgehead atoms. The van der Waals surface area contributed by atoms with Crippen molar-refractivity contribution in [3.05, 3.63) is 71.3 Å². The van der Waals surface area contributed by atoms with Crippen molar-refractivity contribution >= 4 is 29.8 Å². The summed E-state index contributed by atoms with van der Waals surface area (Å²) in [7, 11) is 1.14. The molecule has 0 saturated carbocycles. The number of esters is 2. The lowest BCUT2D eigenvalue weighted by Gasteiger charge is -2.28. The van der Waals surface area contributed by atoms with Crippen molar-refractivity contribution in [3.63, 3.8) is 0 Å². The number of methoxy groups -OCH3 is 1. The Bertz CT molecular complexity index is 1140. The topological polar surface area (TPSA) is 128 Å². The summed E-state index contributed by atoms with van der Waals surface area (Å²) in [6, 6.07) is 13.3. The molecule has 1 aliphatic rings. The van der Waals surface area contributed by atoms with Crippen LogP contribution in [0.3, 0.4) is 0 Å². The van der Waals surface area contributed by atoms with Crippen LogP contribution in [0.4, 0.5) is 4.79 Å². The first-order valence-electron chi connectivity index (χ1n) is 11.8. The predicted molar refractivity (Wildman–Crippen MR) is 132 cm³/mol. The number of ether oxygens (including phenoxy) is 3. The Labute approximate surface area is 214 Å². The number of rotatable bonds is 9. The van der Waals surface area contributed by atoms with E-state index in [1.54, 1.807) is 75.4 Å². The normalized spacial score (nSPS) is 14.4. The summed E-state index contributed by atoms with van der Waals surface area (Å²) in [4.78, 5) is 64.4. The standard InChI is InChI=1S/C27H30N2O8/c1-27(2,3)37-26(34)28-21(25(33)35-4)20(36-24(32)17-11-6-5-7-12-17)15-10-16-29-22(30)18-13-8-9-14-19(18)23(29)31/h5-9,11-14,20-21H,10,15-16H2,1-4H3,(H,28,34)/t20-,21+/m1/s1. The fourth-order valence-electron chi connectivity index (χ4n) is 3.83. The van der Waals surface area contributed by atoms with Crippen LogP contribution in [0, 0.1) is 0 Å². The molecule has 0 spiro atoms. The lowest BCUT2D eigenvalue weighted by atomic mass is 10.0. The smallest absolute Gasteiger partial charge is 0.408 e. The van der Waals surface area contributed by atoms with Gasteiger partial charge >= 0.3 is 18.0 Å². The number of nitrogens with zero attached hydrogens (tertiary/aromatic N) is 1. The van der Waals surface area contributed by atoms with Gasteiger partial charge in [-0.3, -0.25) is 14.5 Å². The second-order valence-corrected chi connectivity index (χ2v) is 9.41. The van der Waals surface area contributed by atoms with Gasteiger partial charge in [0.25, 0.3) is 11.8 Å². The lowest BCUT2D eigenvalue weighted by Crippen LogP contribution is -2.52. The van der Waals surface area contributed by atoms with Gasteiger partial charge < -0.3 is 19.5 Å². The molecule has 1 N–H and O–H groups in total. The molecule has 196 valence electrons. The molecule has 1 heterocycles. The van der Waals surface area contributed by atoms with E-state index in [-0.39, 0.29) is 24.9 Å². The Morgan fingerprint density at radius 2 is 1.49 bits per heavy atom. The highest BCUT2D eigenvalue weighted by molar-refractivity contribution is 6.21. The molecular formula is C27H30N2O8. The monoisotopic (exact) mass is 510 g/mol. The zero-order valence-corrected chi connectivity index (χ0v) is 21.2. The number of carbonyl (C=O) groups is 5. The lowest BCUT2D eigenvalue weighted by molar-refractivity contribution is -0.146. The molecule has 3 rings (SSSR count). The van der Waals surface area contributed by atoms with E-state index in [4.69, 9.17) is 14.2 Å². The van der Waals surface area contributed by atoms with Crippen molar-refractivity contribution in [1.82, 2.24) is 10.2 Å². The number of fused-ring (bicyclic) bond motifs is 1. The first-order valence-corrected chi connectivity index (χ1v) is 11.8. The Morgan fingerprint density at radius 3 is 2.03 bits per heavy atom. The molecule has 2 atom stereocenters. The molecule has 0 aliphatic carbocycles. The van der Waals surface area contributed by atoms with Gasteiger partial charge in [-0.2, -0.15) is 0 Å². The summed E-state index contributed by atoms with van der Waals surface area (Å²) in [5.74, 6) is -2.41. The van der Waals surface area contributed by atoms with Gasteiger partial charge in [0.1, 0.15) is 11.7 Å². The van der Waals surface area contributed by atoms with E-state index in [2.05, 4.69) is 5.32 Å². The Balaban J connectivity index is 1.78. The van der Waals surface area contributed by atoms with Crippen LogP contribution in [0.1, 0.15) is 64.7 Å². The number of carbonyl (C=O) groups excluding carboxylic acids is 5. The summed E-state index contributed by atoms with van der Waals surface area (Å²) >= 11 is 0. The Morgan fingerprint density at radius 1 is 0.919 bits per heavy atom. The molecule has 0 fully saturated rings. The van der Waals surface area contributed by atoms with E-state index in [9.17, 15) is 24.0 Å². The molecule has 10 nitrogen and oxygen atoms in total. The van der Waals surface area contributed by atoms with E-state index < -0.39 is 47.6 Å². The average molecular weight is 511 g/mol. The van der Waals surface area contributed by atoms with Crippen LogP contribution in [0.5, 0.6) is 0 Å². The molecule has 2 aromatic rings. The van der Waals surface area contributed by atoms with Crippen LogP contribution in [0.25, 0.3) is 0 Å². The van der Waals surface area contributed by atoms with Crippen molar-refractivity contribution in [3.8, 4) is 0 Å². The molecule has 3 amide bonds. The van der Waals surface area contributed by atoms with Crippen LogP contribution >= 0.6 is 0 Å². The molecule has 0 saturated heterocycles. The van der Waals surface area contributed by atoms with Gasteiger partial charge in [0, 0.05) is 6.54 Å². The first kappa shape index (κ1) is 27.4. The number of amides is 3. The van der Waals surface area contributed by atoms with Crippen LogP contribution in [-0.4, -0.2) is 66.1 Å². The molecule has 37 heavy (non-hydrogen) atoms. The van der Waals surface area contributed by atoms with Crippen molar-refractivity contribution in [2.45, 2.75) is 51.4 Å². The van der Waals surface area contributed by atoms with E-state index in [0.717, 1.165) is 12.0 Å². The minimum Gasteiger partial charge on any atom is -0.467 e. The van der Waals surface area contributed by atoms with Gasteiger partial charge in [-0.25, -0.2) is 14.4 Å². The minimum atomic E-state index is -1.39. The first-order chi connectivity index (χ1) is 17.5. The summed E-state index contributed by atoms with van der Waals surface area (Å²) in [5, 5.41) is 2.43. The second-order valence-electron chi connectivity index (χ2n) is 9.41. The zero-order chi connectivity index (χ0) is 27.2. The van der Waals surface area contributed by atoms with Crippen LogP contribution in [-0.2, 0) is 19.0 Å². The molecule has 0 aromatic heterocycles. The van der Waals surface area contributed by atoms with Crippen molar-refractivity contribution in [2.24, 2.45) is 0 Å². The van der Waals surface area contributed by atoms with Crippen molar-refractivity contribution < 1.29 is 38.2 Å². The number of alkyl carbamates (subject to hydrolysis) is 1. The number of nitrogens with one attached hydrogen (secondary N) is 1. The van der Waals surface area contributed by atoms with Crippen molar-refractivity contribution in [1.29, 1.82) is 0 Å². The minimum absolute atomic E-state index is 0.0199. The van der Waals surface area contributed by atoms with Gasteiger partial charge in [0.2, 0.25) is 0 Å². The average Bonchev–Trinajstić information content (AvgIpc) is 3.10. The van der Waals surface area contributed by atoms with E-state index >= 15 is 0 Å². The Kier molecular flexibility index (Phi) is 8.65. The van der Waals surface area contributed by atoms with Gasteiger partial charge in [-0.15, -0.1) is 0 Å². The third-order valence-electron chi connectivity index (χ3n) is 5.52. The number of imide groups is 1. The fourth-order valence-corrected chi connectivity index (χ4v) is 3.83. The van der Waals surface area contributed by atoms with Crippen LogP contribution in [0.15, 0.2) is 54.6 Å². The quantitative estimate of drug-likeness (QED) is 0.309. The molecule has 0 radical (unpaired) electrons. The highest BCUT2D eigenvalue weighted by Gasteiger charge is 2.37. The second kappa shape index (κ2) is 11.7. The fraction of sp³-hybridized carbons (Fsp3) is 0.370. The van der Waals surface area contributed by atoms with Gasteiger partial charge in [-0.1, -0.05) is 30.3 Å². The Hall–Kier alpha value is -4.21. The molecule has 2 aromatic carbocycles. The maximum Gasteiger partial charge on any atom is 0.408 e. The van der Waals surface area contributed by atoms with Gasteiger partial charge in [-0.05, 0) is 57.9 Å². The van der Waals surface area contributed by atoms with Crippen LogP contribution < -0.4 is 5.32 Å². The maximum absolute atomic E-state index is 12.8. The summed E-state index contributed by atoms with van der Waals surface area (Å²) in [6.45, 7) is 5.00. The summed E-state index contributed by atoms with van der Waals surface area (Å²) < 4.78 is 15.7. The largest absolute Gasteiger partial charge is 0.467 e. The molecular weight excluding hydrogens is 480 g/mol. The predicted octanol–water partition coefficient (Wildman–Crippen LogP) is 3.35. The maximum atomic E-state index is 12.8. The third-order valence-corrected chi connectivity index (χ3v) is 5.52. The van der Waals surface area contributed by atoms with E-state index in [1.807, 2.05) is 0 Å². The number of hydrogen-bond acceptors (Lipinski definition) is 8. The van der Waals surface area contributed by atoms with Crippen LogP contribution in [0.2, 0.25) is 0 Å². The molecule has 10 heteroatoms. The third kappa shape index (κ3) is 6.93.